The minimum absolute atomic E-state index is 0.0678. The number of ether oxygens (including phenoxy) is 1. The van der Waals surface area contributed by atoms with Gasteiger partial charge in [-0.05, 0) is 40.0 Å². The second-order valence-electron chi connectivity index (χ2n) is 5.33. The number of hydrogen-bond acceptors (Lipinski definition) is 3. The first-order valence-corrected chi connectivity index (χ1v) is 6.03. The molecule has 17 heavy (non-hydrogen) atoms. The van der Waals surface area contributed by atoms with E-state index < -0.39 is 11.6 Å². The second kappa shape index (κ2) is 5.34. The fourth-order valence-corrected chi connectivity index (χ4v) is 1.71. The van der Waals surface area contributed by atoms with Crippen molar-refractivity contribution in [3.05, 3.63) is 12.2 Å². The van der Waals surface area contributed by atoms with Gasteiger partial charge in [0.15, 0.2) is 0 Å². The molecule has 0 saturated carbocycles. The Kier molecular flexibility index (Phi) is 4.32. The molecule has 0 aliphatic carbocycles. The van der Waals surface area contributed by atoms with Gasteiger partial charge in [0, 0.05) is 13.1 Å². The SMILES string of the molecule is C=C(C(=O)OC(C)(C)C)C(=O)N1CCCCC1. The summed E-state index contributed by atoms with van der Waals surface area (Å²) in [6.45, 7) is 10.3. The minimum Gasteiger partial charge on any atom is -0.456 e. The third kappa shape index (κ3) is 4.21. The standard InChI is InChI=1S/C13H21NO3/c1-10(12(16)17-13(2,3)4)11(15)14-8-6-5-7-9-14/h1,5-9H2,2-4H3. The Bertz CT molecular complexity index is 322. The van der Waals surface area contributed by atoms with Crippen LogP contribution >= 0.6 is 0 Å². The first kappa shape index (κ1) is 13.7. The third-order valence-electron chi connectivity index (χ3n) is 2.55. The molecule has 4 heteroatoms. The lowest BCUT2D eigenvalue weighted by Crippen LogP contribution is -2.39. The van der Waals surface area contributed by atoms with E-state index in [1.807, 2.05) is 0 Å². The maximum absolute atomic E-state index is 12.0. The Labute approximate surface area is 103 Å². The highest BCUT2D eigenvalue weighted by Crippen LogP contribution is 2.15. The number of carbonyl (C=O) groups excluding carboxylic acids is 2. The second-order valence-corrected chi connectivity index (χ2v) is 5.33. The molecule has 1 aliphatic heterocycles. The van der Waals surface area contributed by atoms with Crippen molar-refractivity contribution < 1.29 is 14.3 Å². The van der Waals surface area contributed by atoms with E-state index >= 15 is 0 Å². The molecule has 0 bridgehead atoms. The number of esters is 1. The van der Waals surface area contributed by atoms with Crippen molar-refractivity contribution in [2.75, 3.05) is 13.1 Å². The molecule has 4 nitrogen and oxygen atoms in total. The predicted molar refractivity (Wildman–Crippen MR) is 65.4 cm³/mol. The topological polar surface area (TPSA) is 46.6 Å². The molecule has 0 spiro atoms. The summed E-state index contributed by atoms with van der Waals surface area (Å²) < 4.78 is 5.13. The molecule has 0 aromatic heterocycles. The van der Waals surface area contributed by atoms with E-state index in [0.29, 0.717) is 13.1 Å². The zero-order valence-corrected chi connectivity index (χ0v) is 10.9. The Morgan fingerprint density at radius 1 is 1.12 bits per heavy atom. The van der Waals surface area contributed by atoms with E-state index in [1.54, 1.807) is 25.7 Å². The molecule has 1 amide bonds. The molecule has 1 heterocycles. The predicted octanol–water partition coefficient (Wildman–Crippen LogP) is 1.90. The van der Waals surface area contributed by atoms with Gasteiger partial charge in [-0.3, -0.25) is 4.79 Å². The molecular weight excluding hydrogens is 218 g/mol. The zero-order valence-electron chi connectivity index (χ0n) is 10.9. The van der Waals surface area contributed by atoms with Crippen LogP contribution in [0.15, 0.2) is 12.2 Å². The van der Waals surface area contributed by atoms with Crippen LogP contribution in [0.3, 0.4) is 0 Å². The summed E-state index contributed by atoms with van der Waals surface area (Å²) >= 11 is 0. The van der Waals surface area contributed by atoms with Gasteiger partial charge in [0.1, 0.15) is 11.2 Å². The van der Waals surface area contributed by atoms with Gasteiger partial charge in [-0.25, -0.2) is 4.79 Å². The Morgan fingerprint density at radius 2 is 1.65 bits per heavy atom. The molecule has 0 atom stereocenters. The number of carbonyl (C=O) groups is 2. The van der Waals surface area contributed by atoms with Crippen molar-refractivity contribution >= 4 is 11.9 Å². The minimum atomic E-state index is -0.618. The van der Waals surface area contributed by atoms with Crippen molar-refractivity contribution in [1.82, 2.24) is 4.90 Å². The maximum Gasteiger partial charge on any atom is 0.343 e. The first-order chi connectivity index (χ1) is 7.81. The van der Waals surface area contributed by atoms with Gasteiger partial charge in [-0.15, -0.1) is 0 Å². The van der Waals surface area contributed by atoms with Crippen molar-refractivity contribution in [3.63, 3.8) is 0 Å². The average Bonchev–Trinajstić information content (AvgIpc) is 2.26. The van der Waals surface area contributed by atoms with Crippen LogP contribution in [0.1, 0.15) is 40.0 Å². The molecule has 1 rings (SSSR count). The molecule has 0 radical (unpaired) electrons. The van der Waals surface area contributed by atoms with E-state index in [1.165, 1.54) is 0 Å². The van der Waals surface area contributed by atoms with Crippen LogP contribution in [0.4, 0.5) is 0 Å². The number of piperidine rings is 1. The van der Waals surface area contributed by atoms with E-state index in [2.05, 4.69) is 6.58 Å². The lowest BCUT2D eigenvalue weighted by molar-refractivity contribution is -0.152. The quantitative estimate of drug-likeness (QED) is 0.320. The van der Waals surface area contributed by atoms with Crippen molar-refractivity contribution in [2.45, 2.75) is 45.6 Å². The highest BCUT2D eigenvalue weighted by molar-refractivity contribution is 6.15. The van der Waals surface area contributed by atoms with Crippen molar-refractivity contribution in [2.24, 2.45) is 0 Å². The highest BCUT2D eigenvalue weighted by atomic mass is 16.6. The van der Waals surface area contributed by atoms with Gasteiger partial charge >= 0.3 is 5.97 Å². The zero-order chi connectivity index (χ0) is 13.1. The van der Waals surface area contributed by atoms with E-state index in [4.69, 9.17) is 4.74 Å². The number of amides is 1. The summed E-state index contributed by atoms with van der Waals surface area (Å²) in [6.07, 6.45) is 3.13. The molecule has 0 N–H and O–H groups in total. The van der Waals surface area contributed by atoms with Crippen LogP contribution in [0.25, 0.3) is 0 Å². The molecule has 1 fully saturated rings. The van der Waals surface area contributed by atoms with Gasteiger partial charge in [-0.2, -0.15) is 0 Å². The lowest BCUT2D eigenvalue weighted by atomic mass is 10.1. The molecule has 0 unspecified atom stereocenters. The summed E-state index contributed by atoms with van der Waals surface area (Å²) in [5.41, 5.74) is -0.663. The van der Waals surface area contributed by atoms with Gasteiger partial charge < -0.3 is 9.64 Å². The lowest BCUT2D eigenvalue weighted by Gasteiger charge is -2.27. The van der Waals surface area contributed by atoms with Crippen molar-refractivity contribution in [1.29, 1.82) is 0 Å². The van der Waals surface area contributed by atoms with Crippen LogP contribution in [0, 0.1) is 0 Å². The first-order valence-electron chi connectivity index (χ1n) is 6.03. The summed E-state index contributed by atoms with van der Waals surface area (Å²) in [7, 11) is 0. The number of likely N-dealkylation sites (tertiary alicyclic amines) is 1. The van der Waals surface area contributed by atoms with Gasteiger partial charge in [0.05, 0.1) is 0 Å². The largest absolute Gasteiger partial charge is 0.456 e. The van der Waals surface area contributed by atoms with Gasteiger partial charge in [0.2, 0.25) is 0 Å². The van der Waals surface area contributed by atoms with Crippen LogP contribution in [0.5, 0.6) is 0 Å². The highest BCUT2D eigenvalue weighted by Gasteiger charge is 2.27. The summed E-state index contributed by atoms with van der Waals surface area (Å²) in [5, 5.41) is 0. The molecule has 96 valence electrons. The number of nitrogens with zero attached hydrogens (tertiary/aromatic N) is 1. The summed E-state index contributed by atoms with van der Waals surface area (Å²) in [6, 6.07) is 0. The van der Waals surface area contributed by atoms with Crippen LogP contribution in [0.2, 0.25) is 0 Å². The Morgan fingerprint density at radius 3 is 2.12 bits per heavy atom. The average molecular weight is 239 g/mol. The fourth-order valence-electron chi connectivity index (χ4n) is 1.71. The number of rotatable bonds is 2. The summed E-state index contributed by atoms with van der Waals surface area (Å²) in [5.74, 6) is -0.910. The summed E-state index contributed by atoms with van der Waals surface area (Å²) in [4.78, 5) is 25.3. The third-order valence-corrected chi connectivity index (χ3v) is 2.55. The monoisotopic (exact) mass is 239 g/mol. The smallest absolute Gasteiger partial charge is 0.343 e. The van der Waals surface area contributed by atoms with E-state index in [9.17, 15) is 9.59 Å². The van der Waals surface area contributed by atoms with Crippen LogP contribution < -0.4 is 0 Å². The normalized spacial score (nSPS) is 16.5. The molecule has 1 aliphatic rings. The molecular formula is C13H21NO3. The fraction of sp³-hybridized carbons (Fsp3) is 0.692. The van der Waals surface area contributed by atoms with Gasteiger partial charge in [0.25, 0.3) is 5.91 Å². The molecule has 0 aromatic rings. The van der Waals surface area contributed by atoms with Crippen LogP contribution in [-0.4, -0.2) is 35.5 Å². The van der Waals surface area contributed by atoms with Crippen LogP contribution in [-0.2, 0) is 14.3 Å². The van der Waals surface area contributed by atoms with Crippen molar-refractivity contribution in [3.8, 4) is 0 Å². The maximum atomic E-state index is 12.0. The molecule has 1 saturated heterocycles. The van der Waals surface area contributed by atoms with Gasteiger partial charge in [-0.1, -0.05) is 6.58 Å². The molecule has 0 aromatic carbocycles. The van der Waals surface area contributed by atoms with E-state index in [-0.39, 0.29) is 11.5 Å². The Balaban J connectivity index is 2.56. The van der Waals surface area contributed by atoms with E-state index in [0.717, 1.165) is 19.3 Å². The Hall–Kier alpha value is -1.32. The number of hydrogen-bond donors (Lipinski definition) is 0.